The van der Waals surface area contributed by atoms with Crippen molar-refractivity contribution in [2.24, 2.45) is 0 Å². The van der Waals surface area contributed by atoms with Gasteiger partial charge < -0.3 is 16.0 Å². The van der Waals surface area contributed by atoms with Crippen LogP contribution >= 0.6 is 11.3 Å². The third-order valence-corrected chi connectivity index (χ3v) is 4.55. The predicted molar refractivity (Wildman–Crippen MR) is 82.1 cm³/mol. The maximum Gasteiger partial charge on any atom is 0.265 e. The highest BCUT2D eigenvalue weighted by molar-refractivity contribution is 7.18. The Labute approximate surface area is 119 Å². The monoisotopic (exact) mass is 281 g/mol. The summed E-state index contributed by atoms with van der Waals surface area (Å²) in [6.07, 6.45) is 4.69. The topological polar surface area (TPSA) is 58.4 Å². The predicted octanol–water partition coefficient (Wildman–Crippen LogP) is 3.12. The molecule has 0 atom stereocenters. The van der Waals surface area contributed by atoms with E-state index in [0.717, 1.165) is 24.4 Å². The zero-order valence-corrected chi connectivity index (χ0v) is 12.8. The molecular formula is C14H23N3OS. The van der Waals surface area contributed by atoms with Gasteiger partial charge in [0, 0.05) is 26.2 Å². The number of thiophene rings is 1. The molecule has 106 valence electrons. The molecule has 1 aromatic rings. The normalized spacial score (nSPS) is 14.5. The number of rotatable bonds is 6. The Morgan fingerprint density at radius 2 is 2.16 bits per heavy atom. The van der Waals surface area contributed by atoms with Crippen LogP contribution in [0.5, 0.6) is 0 Å². The first-order valence-corrected chi connectivity index (χ1v) is 7.75. The van der Waals surface area contributed by atoms with Gasteiger partial charge in [-0.15, -0.1) is 11.3 Å². The summed E-state index contributed by atoms with van der Waals surface area (Å²) in [5.74, 6) is 0.567. The van der Waals surface area contributed by atoms with Crippen molar-refractivity contribution in [3.05, 3.63) is 10.4 Å². The molecule has 19 heavy (non-hydrogen) atoms. The lowest BCUT2D eigenvalue weighted by molar-refractivity contribution is 0.0833. The van der Waals surface area contributed by atoms with Gasteiger partial charge in [-0.1, -0.05) is 13.3 Å². The summed E-state index contributed by atoms with van der Waals surface area (Å²) in [6, 6.07) is 0. The van der Waals surface area contributed by atoms with Crippen molar-refractivity contribution in [3.63, 3.8) is 0 Å². The highest BCUT2D eigenvalue weighted by Crippen LogP contribution is 2.50. The van der Waals surface area contributed by atoms with Crippen LogP contribution in [0.2, 0.25) is 0 Å². The molecule has 1 heterocycles. The van der Waals surface area contributed by atoms with Crippen molar-refractivity contribution >= 4 is 27.9 Å². The lowest BCUT2D eigenvalue weighted by atomic mass is 10.1. The van der Waals surface area contributed by atoms with Crippen molar-refractivity contribution in [2.75, 3.05) is 31.7 Å². The maximum atomic E-state index is 12.1. The molecule has 4 nitrogen and oxygen atoms in total. The van der Waals surface area contributed by atoms with E-state index in [4.69, 9.17) is 5.73 Å². The minimum Gasteiger partial charge on any atom is -0.397 e. The van der Waals surface area contributed by atoms with E-state index in [1.165, 1.54) is 29.7 Å². The lowest BCUT2D eigenvalue weighted by Gasteiger charge is -2.08. The molecule has 2 rings (SSSR count). The quantitative estimate of drug-likeness (QED) is 0.788. The number of nitrogens with zero attached hydrogens (tertiary/aromatic N) is 1. The van der Waals surface area contributed by atoms with Crippen LogP contribution < -0.4 is 11.1 Å². The van der Waals surface area contributed by atoms with Gasteiger partial charge in [-0.05, 0) is 25.2 Å². The van der Waals surface area contributed by atoms with E-state index in [1.807, 2.05) is 0 Å². The van der Waals surface area contributed by atoms with Crippen LogP contribution in [0.3, 0.4) is 0 Å². The largest absolute Gasteiger partial charge is 0.397 e. The van der Waals surface area contributed by atoms with Crippen molar-refractivity contribution in [2.45, 2.75) is 38.5 Å². The molecule has 0 radical (unpaired) electrons. The number of hydrogen-bond donors (Lipinski definition) is 2. The number of unbranched alkanes of at least 4 members (excludes halogenated alkanes) is 1. The summed E-state index contributed by atoms with van der Waals surface area (Å²) in [5, 5.41) is 4.57. The summed E-state index contributed by atoms with van der Waals surface area (Å²) < 4.78 is 0. The van der Waals surface area contributed by atoms with Crippen LogP contribution in [0.1, 0.15) is 53.8 Å². The molecule has 5 heteroatoms. The second-order valence-electron chi connectivity index (χ2n) is 5.34. The number of nitrogens with two attached hydrogens (primary N) is 1. The molecule has 0 bridgehead atoms. The molecule has 0 saturated heterocycles. The van der Waals surface area contributed by atoms with Gasteiger partial charge in [0.2, 0.25) is 0 Å². The molecule has 1 aliphatic rings. The fraction of sp³-hybridized carbons (Fsp3) is 0.643. The highest BCUT2D eigenvalue weighted by atomic mass is 32.1. The average molecular weight is 281 g/mol. The van der Waals surface area contributed by atoms with Gasteiger partial charge in [-0.3, -0.25) is 4.79 Å². The van der Waals surface area contributed by atoms with Gasteiger partial charge >= 0.3 is 0 Å². The number of nitrogens with one attached hydrogen (secondary N) is 1. The minimum absolute atomic E-state index is 0.00735. The number of nitrogen functional groups attached to an aromatic ring is 1. The maximum absolute atomic E-state index is 12.1. The Balaban J connectivity index is 2.25. The molecule has 1 saturated carbocycles. The van der Waals surface area contributed by atoms with E-state index in [0.29, 0.717) is 16.5 Å². The molecule has 1 aromatic heterocycles. The first-order valence-electron chi connectivity index (χ1n) is 6.93. The summed E-state index contributed by atoms with van der Waals surface area (Å²) in [4.78, 5) is 14.4. The summed E-state index contributed by atoms with van der Waals surface area (Å²) in [5.41, 5.74) is 8.10. The Hall–Kier alpha value is -1.23. The van der Waals surface area contributed by atoms with Crippen molar-refractivity contribution < 1.29 is 4.79 Å². The molecule has 1 fully saturated rings. The Bertz CT molecular complexity index is 464. The van der Waals surface area contributed by atoms with Crippen LogP contribution in [-0.2, 0) is 0 Å². The molecule has 3 N–H and O–H groups in total. The Morgan fingerprint density at radius 3 is 2.68 bits per heavy atom. The first kappa shape index (κ1) is 14.2. The molecule has 0 aliphatic heterocycles. The molecule has 0 aromatic carbocycles. The SMILES string of the molecule is CCCCNc1sc(C(=O)N(C)C)c(N)c1C1CC1. The van der Waals surface area contributed by atoms with E-state index in [2.05, 4.69) is 12.2 Å². The summed E-state index contributed by atoms with van der Waals surface area (Å²) in [6.45, 7) is 3.12. The summed E-state index contributed by atoms with van der Waals surface area (Å²) in [7, 11) is 3.53. The number of carbonyl (C=O) groups is 1. The van der Waals surface area contributed by atoms with Crippen LogP contribution in [0.4, 0.5) is 10.7 Å². The van der Waals surface area contributed by atoms with E-state index in [-0.39, 0.29) is 5.91 Å². The molecule has 0 unspecified atom stereocenters. The van der Waals surface area contributed by atoms with Gasteiger partial charge in [0.1, 0.15) is 4.88 Å². The zero-order valence-electron chi connectivity index (χ0n) is 12.0. The van der Waals surface area contributed by atoms with Gasteiger partial charge in [-0.25, -0.2) is 0 Å². The van der Waals surface area contributed by atoms with E-state index in [9.17, 15) is 4.79 Å². The average Bonchev–Trinajstić information content (AvgIpc) is 3.14. The smallest absolute Gasteiger partial charge is 0.265 e. The Morgan fingerprint density at radius 1 is 1.47 bits per heavy atom. The molecule has 0 spiro atoms. The van der Waals surface area contributed by atoms with Gasteiger partial charge in [0.15, 0.2) is 0 Å². The second-order valence-corrected chi connectivity index (χ2v) is 6.36. The molecule has 1 amide bonds. The number of anilines is 2. The van der Waals surface area contributed by atoms with Crippen molar-refractivity contribution in [1.29, 1.82) is 0 Å². The highest BCUT2D eigenvalue weighted by Gasteiger charge is 2.33. The number of amides is 1. The number of hydrogen-bond acceptors (Lipinski definition) is 4. The van der Waals surface area contributed by atoms with Gasteiger partial charge in [0.05, 0.1) is 10.7 Å². The van der Waals surface area contributed by atoms with Crippen LogP contribution in [0.15, 0.2) is 0 Å². The fourth-order valence-electron chi connectivity index (χ4n) is 2.11. The Kier molecular flexibility index (Phi) is 4.34. The third-order valence-electron chi connectivity index (χ3n) is 3.39. The van der Waals surface area contributed by atoms with Gasteiger partial charge in [-0.2, -0.15) is 0 Å². The lowest BCUT2D eigenvalue weighted by Crippen LogP contribution is -2.21. The van der Waals surface area contributed by atoms with Crippen LogP contribution in [-0.4, -0.2) is 31.4 Å². The van der Waals surface area contributed by atoms with Crippen molar-refractivity contribution in [1.82, 2.24) is 4.90 Å². The third kappa shape index (κ3) is 3.03. The van der Waals surface area contributed by atoms with E-state index in [1.54, 1.807) is 19.0 Å². The van der Waals surface area contributed by atoms with Crippen LogP contribution in [0, 0.1) is 0 Å². The standard InChI is InChI=1S/C14H23N3OS/c1-4-5-8-16-13-10(9-6-7-9)11(15)12(19-13)14(18)17(2)3/h9,16H,4-8,15H2,1-3H3. The zero-order chi connectivity index (χ0) is 14.0. The molecule has 1 aliphatic carbocycles. The second kappa shape index (κ2) is 5.82. The van der Waals surface area contributed by atoms with E-state index < -0.39 is 0 Å². The van der Waals surface area contributed by atoms with Crippen LogP contribution in [0.25, 0.3) is 0 Å². The minimum atomic E-state index is 0.00735. The summed E-state index contributed by atoms with van der Waals surface area (Å²) >= 11 is 1.51. The van der Waals surface area contributed by atoms with Crippen molar-refractivity contribution in [3.8, 4) is 0 Å². The van der Waals surface area contributed by atoms with E-state index >= 15 is 0 Å². The first-order chi connectivity index (χ1) is 9.06. The molecular weight excluding hydrogens is 258 g/mol. The fourth-order valence-corrected chi connectivity index (χ4v) is 3.36. The number of carbonyl (C=O) groups excluding carboxylic acids is 1. The van der Waals surface area contributed by atoms with Gasteiger partial charge in [0.25, 0.3) is 5.91 Å².